The van der Waals surface area contributed by atoms with E-state index < -0.39 is 0 Å². The molecule has 0 aromatic heterocycles. The number of nitrogens with two attached hydrogens (primary N) is 2. The monoisotopic (exact) mass is 376 g/mol. The molecule has 28 heavy (non-hydrogen) atoms. The van der Waals surface area contributed by atoms with Crippen LogP contribution in [0.15, 0.2) is 72.8 Å². The van der Waals surface area contributed by atoms with Gasteiger partial charge in [0.05, 0.1) is 11.4 Å². The highest BCUT2D eigenvalue weighted by Crippen LogP contribution is 2.18. The minimum Gasteiger partial charge on any atom is -0.484 e. The maximum Gasteiger partial charge on any atom is 0.262 e. The maximum absolute atomic E-state index is 12.3. The zero-order valence-corrected chi connectivity index (χ0v) is 15.0. The molecule has 142 valence electrons. The Morgan fingerprint density at radius 1 is 0.821 bits per heavy atom. The minimum absolute atomic E-state index is 0.139. The standard InChI is InChI=1S/C21H20N4O3/c22-15-7-11-17(12-8-15)28-13-20(26)24-16-9-5-14(6-10-16)21(27)25-19-4-2-1-3-18(19)23/h1-12H,13,22-23H2,(H,24,26)(H,25,27). The summed E-state index contributed by atoms with van der Waals surface area (Å²) in [7, 11) is 0. The van der Waals surface area contributed by atoms with Crippen LogP contribution in [-0.4, -0.2) is 18.4 Å². The quantitative estimate of drug-likeness (QED) is 0.493. The molecule has 0 heterocycles. The van der Waals surface area contributed by atoms with Gasteiger partial charge in [0.15, 0.2) is 6.61 Å². The predicted octanol–water partition coefficient (Wildman–Crippen LogP) is 3.12. The van der Waals surface area contributed by atoms with Gasteiger partial charge in [0.25, 0.3) is 11.8 Å². The number of benzene rings is 3. The second kappa shape index (κ2) is 8.59. The van der Waals surface area contributed by atoms with Crippen molar-refractivity contribution < 1.29 is 14.3 Å². The third-order valence-corrected chi connectivity index (χ3v) is 3.89. The Labute approximate surface area is 162 Å². The molecule has 3 aromatic carbocycles. The van der Waals surface area contributed by atoms with Crippen molar-refractivity contribution in [3.63, 3.8) is 0 Å². The molecule has 6 N–H and O–H groups in total. The molecular formula is C21H20N4O3. The van der Waals surface area contributed by atoms with Crippen LogP contribution in [0.4, 0.5) is 22.7 Å². The van der Waals surface area contributed by atoms with Gasteiger partial charge >= 0.3 is 0 Å². The van der Waals surface area contributed by atoms with Crippen LogP contribution in [0.1, 0.15) is 10.4 Å². The van der Waals surface area contributed by atoms with Gasteiger partial charge in [0, 0.05) is 16.9 Å². The fourth-order valence-corrected chi connectivity index (χ4v) is 2.42. The van der Waals surface area contributed by atoms with Crippen LogP contribution in [0.2, 0.25) is 0 Å². The van der Waals surface area contributed by atoms with Crippen LogP contribution in [0.5, 0.6) is 5.75 Å². The third kappa shape index (κ3) is 5.01. The minimum atomic E-state index is -0.314. The molecule has 0 saturated heterocycles. The molecule has 3 aromatic rings. The molecule has 0 aliphatic heterocycles. The summed E-state index contributed by atoms with van der Waals surface area (Å²) in [5.74, 6) is -0.0508. The van der Waals surface area contributed by atoms with E-state index in [1.165, 1.54) is 0 Å². The summed E-state index contributed by atoms with van der Waals surface area (Å²) in [5.41, 5.74) is 14.1. The highest BCUT2D eigenvalue weighted by Gasteiger charge is 2.09. The van der Waals surface area contributed by atoms with Gasteiger partial charge in [0.2, 0.25) is 0 Å². The smallest absolute Gasteiger partial charge is 0.262 e. The van der Waals surface area contributed by atoms with E-state index in [0.29, 0.717) is 34.1 Å². The Balaban J connectivity index is 1.53. The fraction of sp³-hybridized carbons (Fsp3) is 0.0476. The van der Waals surface area contributed by atoms with E-state index in [-0.39, 0.29) is 18.4 Å². The van der Waals surface area contributed by atoms with Gasteiger partial charge in [-0.2, -0.15) is 0 Å². The van der Waals surface area contributed by atoms with Crippen LogP contribution in [0.3, 0.4) is 0 Å². The number of nitrogen functional groups attached to an aromatic ring is 2. The normalized spacial score (nSPS) is 10.1. The van der Waals surface area contributed by atoms with Crippen molar-refractivity contribution >= 4 is 34.6 Å². The lowest BCUT2D eigenvalue weighted by molar-refractivity contribution is -0.118. The molecule has 0 saturated carbocycles. The van der Waals surface area contributed by atoms with E-state index in [9.17, 15) is 9.59 Å². The average molecular weight is 376 g/mol. The summed E-state index contributed by atoms with van der Waals surface area (Å²) >= 11 is 0. The van der Waals surface area contributed by atoms with Gasteiger partial charge in [-0.3, -0.25) is 9.59 Å². The van der Waals surface area contributed by atoms with Crippen LogP contribution in [-0.2, 0) is 4.79 Å². The summed E-state index contributed by atoms with van der Waals surface area (Å²) in [6.07, 6.45) is 0. The van der Waals surface area contributed by atoms with Crippen LogP contribution in [0.25, 0.3) is 0 Å². The van der Waals surface area contributed by atoms with Crippen LogP contribution < -0.4 is 26.8 Å². The number of rotatable bonds is 6. The zero-order chi connectivity index (χ0) is 19.9. The molecule has 0 radical (unpaired) electrons. The molecule has 0 aliphatic carbocycles. The fourth-order valence-electron chi connectivity index (χ4n) is 2.42. The molecule has 0 spiro atoms. The summed E-state index contributed by atoms with van der Waals surface area (Å²) in [6.45, 7) is -0.139. The van der Waals surface area contributed by atoms with E-state index in [2.05, 4.69) is 10.6 Å². The maximum atomic E-state index is 12.3. The van der Waals surface area contributed by atoms with Crippen molar-refractivity contribution in [1.29, 1.82) is 0 Å². The van der Waals surface area contributed by atoms with E-state index >= 15 is 0 Å². The number of carbonyl (C=O) groups excluding carboxylic acids is 2. The average Bonchev–Trinajstić information content (AvgIpc) is 2.70. The number of hydrogen-bond donors (Lipinski definition) is 4. The highest BCUT2D eigenvalue weighted by atomic mass is 16.5. The van der Waals surface area contributed by atoms with Crippen molar-refractivity contribution in [3.8, 4) is 5.75 Å². The first-order valence-corrected chi connectivity index (χ1v) is 8.55. The van der Waals surface area contributed by atoms with Crippen molar-refractivity contribution in [3.05, 3.63) is 78.4 Å². The van der Waals surface area contributed by atoms with Gasteiger partial charge in [-0.15, -0.1) is 0 Å². The van der Waals surface area contributed by atoms with Gasteiger partial charge in [-0.25, -0.2) is 0 Å². The van der Waals surface area contributed by atoms with Crippen molar-refractivity contribution in [2.45, 2.75) is 0 Å². The van der Waals surface area contributed by atoms with Crippen LogP contribution in [0, 0.1) is 0 Å². The number of para-hydroxylation sites is 2. The first-order chi connectivity index (χ1) is 13.5. The molecule has 0 atom stereocenters. The van der Waals surface area contributed by atoms with E-state index in [1.807, 2.05) is 0 Å². The second-order valence-corrected chi connectivity index (χ2v) is 6.02. The lowest BCUT2D eigenvalue weighted by atomic mass is 10.2. The lowest BCUT2D eigenvalue weighted by Gasteiger charge is -2.10. The number of carbonyl (C=O) groups is 2. The van der Waals surface area contributed by atoms with Gasteiger partial charge < -0.3 is 26.8 Å². The second-order valence-electron chi connectivity index (χ2n) is 6.02. The Bertz CT molecular complexity index is 970. The van der Waals surface area contributed by atoms with E-state index in [4.69, 9.17) is 16.2 Å². The van der Waals surface area contributed by atoms with Crippen LogP contribution >= 0.6 is 0 Å². The van der Waals surface area contributed by atoms with E-state index in [1.54, 1.807) is 72.8 Å². The molecule has 7 nitrogen and oxygen atoms in total. The molecule has 0 aliphatic rings. The van der Waals surface area contributed by atoms with Crippen molar-refractivity contribution in [2.24, 2.45) is 0 Å². The highest BCUT2D eigenvalue weighted by molar-refractivity contribution is 6.06. The number of amides is 2. The molecule has 0 unspecified atom stereocenters. The topological polar surface area (TPSA) is 119 Å². The molecule has 2 amide bonds. The summed E-state index contributed by atoms with van der Waals surface area (Å²) < 4.78 is 5.39. The molecule has 7 heteroatoms. The number of nitrogens with one attached hydrogen (secondary N) is 2. The lowest BCUT2D eigenvalue weighted by Crippen LogP contribution is -2.20. The summed E-state index contributed by atoms with van der Waals surface area (Å²) in [6, 6.07) is 20.3. The van der Waals surface area contributed by atoms with Gasteiger partial charge in [-0.1, -0.05) is 12.1 Å². The zero-order valence-electron chi connectivity index (χ0n) is 15.0. The Morgan fingerprint density at radius 2 is 1.50 bits per heavy atom. The number of anilines is 4. The van der Waals surface area contributed by atoms with Crippen molar-refractivity contribution in [1.82, 2.24) is 0 Å². The Kier molecular flexibility index (Phi) is 5.76. The summed E-state index contributed by atoms with van der Waals surface area (Å²) in [5, 5.41) is 5.46. The first kappa shape index (κ1) is 18.8. The number of hydrogen-bond acceptors (Lipinski definition) is 5. The number of ether oxygens (including phenoxy) is 1. The molecule has 0 bridgehead atoms. The predicted molar refractivity (Wildman–Crippen MR) is 110 cm³/mol. The van der Waals surface area contributed by atoms with Gasteiger partial charge in [-0.05, 0) is 60.7 Å². The Hall–Kier alpha value is -4.00. The van der Waals surface area contributed by atoms with Crippen molar-refractivity contribution in [2.75, 3.05) is 28.7 Å². The molecule has 3 rings (SSSR count). The SMILES string of the molecule is Nc1ccc(OCC(=O)Nc2ccc(C(=O)Nc3ccccc3N)cc2)cc1. The Morgan fingerprint density at radius 3 is 2.18 bits per heavy atom. The molecule has 0 fully saturated rings. The first-order valence-electron chi connectivity index (χ1n) is 8.55. The molecular weight excluding hydrogens is 356 g/mol. The summed E-state index contributed by atoms with van der Waals surface area (Å²) in [4.78, 5) is 24.3. The van der Waals surface area contributed by atoms with Gasteiger partial charge in [0.1, 0.15) is 5.75 Å². The van der Waals surface area contributed by atoms with E-state index in [0.717, 1.165) is 0 Å². The largest absolute Gasteiger partial charge is 0.484 e. The third-order valence-electron chi connectivity index (χ3n) is 3.89.